The molecule has 0 amide bonds. The molecule has 0 N–H and O–H groups in total. The van der Waals surface area contributed by atoms with Gasteiger partial charge in [-0.25, -0.2) is 0 Å². The van der Waals surface area contributed by atoms with Gasteiger partial charge in [-0.1, -0.05) is 24.3 Å². The molecule has 88 valence electrons. The molecule has 0 bridgehead atoms. The lowest BCUT2D eigenvalue weighted by Gasteiger charge is -2.18. The van der Waals surface area contributed by atoms with E-state index in [2.05, 4.69) is 4.74 Å². The molecule has 0 radical (unpaired) electrons. The topological polar surface area (TPSA) is 35.5 Å². The van der Waals surface area contributed by atoms with Crippen LogP contribution in [0.2, 0.25) is 0 Å². The third kappa shape index (κ3) is 3.35. The van der Waals surface area contributed by atoms with Crippen molar-refractivity contribution in [2.75, 3.05) is 13.7 Å². The highest BCUT2D eigenvalue weighted by Crippen LogP contribution is 2.24. The molecule has 1 atom stereocenters. The molecule has 16 heavy (non-hydrogen) atoms. The highest BCUT2D eigenvalue weighted by atomic mass is 16.5. The van der Waals surface area contributed by atoms with E-state index < -0.39 is 0 Å². The summed E-state index contributed by atoms with van der Waals surface area (Å²) in [6, 6.07) is 7.92. The van der Waals surface area contributed by atoms with Gasteiger partial charge in [0.2, 0.25) is 0 Å². The Morgan fingerprint density at radius 3 is 2.62 bits per heavy atom. The van der Waals surface area contributed by atoms with Crippen molar-refractivity contribution in [1.82, 2.24) is 0 Å². The van der Waals surface area contributed by atoms with Gasteiger partial charge in [0.25, 0.3) is 0 Å². The molecule has 1 aromatic carbocycles. The average Bonchev–Trinajstić information content (AvgIpc) is 2.29. The Labute approximate surface area is 96.4 Å². The molecular formula is C13H18O3. The Kier molecular flexibility index (Phi) is 4.99. The van der Waals surface area contributed by atoms with Gasteiger partial charge in [0.05, 0.1) is 19.6 Å². The molecule has 0 saturated heterocycles. The Morgan fingerprint density at radius 1 is 1.38 bits per heavy atom. The minimum atomic E-state index is -0.248. The van der Waals surface area contributed by atoms with Crippen LogP contribution in [0.1, 0.15) is 30.6 Å². The minimum Gasteiger partial charge on any atom is -0.469 e. The zero-order chi connectivity index (χ0) is 12.0. The minimum absolute atomic E-state index is 0.210. The van der Waals surface area contributed by atoms with E-state index in [4.69, 9.17) is 4.74 Å². The van der Waals surface area contributed by atoms with Crippen LogP contribution in [0.3, 0.4) is 0 Å². The number of methoxy groups -OCH3 is 1. The summed E-state index contributed by atoms with van der Waals surface area (Å²) in [7, 11) is 1.39. The normalized spacial score (nSPS) is 12.2. The molecule has 0 heterocycles. The maximum absolute atomic E-state index is 11.3. The summed E-state index contributed by atoms with van der Waals surface area (Å²) >= 11 is 0. The number of esters is 1. The van der Waals surface area contributed by atoms with Gasteiger partial charge in [-0.3, -0.25) is 4.79 Å². The first-order chi connectivity index (χ1) is 7.69. The van der Waals surface area contributed by atoms with Crippen molar-refractivity contribution in [3.8, 4) is 0 Å². The summed E-state index contributed by atoms with van der Waals surface area (Å²) in [6.45, 7) is 4.51. The molecule has 0 spiro atoms. The number of ether oxygens (including phenoxy) is 2. The summed E-state index contributed by atoms with van der Waals surface area (Å²) in [6.07, 6.45) is 0.0495. The van der Waals surface area contributed by atoms with Crippen LogP contribution >= 0.6 is 0 Å². The average molecular weight is 222 g/mol. The summed E-state index contributed by atoms with van der Waals surface area (Å²) in [5.41, 5.74) is 2.18. The van der Waals surface area contributed by atoms with Crippen LogP contribution in [-0.2, 0) is 14.3 Å². The van der Waals surface area contributed by atoms with Gasteiger partial charge >= 0.3 is 5.97 Å². The van der Waals surface area contributed by atoms with E-state index in [1.165, 1.54) is 7.11 Å². The number of carbonyl (C=O) groups excluding carboxylic acids is 1. The highest BCUT2D eigenvalue weighted by Gasteiger charge is 2.17. The first-order valence-electron chi connectivity index (χ1n) is 5.43. The van der Waals surface area contributed by atoms with Crippen LogP contribution in [0, 0.1) is 6.92 Å². The van der Waals surface area contributed by atoms with Gasteiger partial charge in [-0.2, -0.15) is 0 Å². The summed E-state index contributed by atoms with van der Waals surface area (Å²) in [5.74, 6) is -0.248. The fourth-order valence-electron chi connectivity index (χ4n) is 1.64. The Morgan fingerprint density at radius 2 is 2.06 bits per heavy atom. The SMILES string of the molecule is CCOC(CC(=O)OC)c1ccccc1C. The van der Waals surface area contributed by atoms with E-state index in [0.717, 1.165) is 11.1 Å². The molecule has 3 heteroatoms. The largest absolute Gasteiger partial charge is 0.469 e. The predicted molar refractivity (Wildman–Crippen MR) is 62.2 cm³/mol. The molecular weight excluding hydrogens is 204 g/mol. The van der Waals surface area contributed by atoms with Crippen LogP contribution in [0.5, 0.6) is 0 Å². The highest BCUT2D eigenvalue weighted by molar-refractivity contribution is 5.70. The lowest BCUT2D eigenvalue weighted by Crippen LogP contribution is -2.12. The summed E-state index contributed by atoms with van der Waals surface area (Å²) < 4.78 is 10.2. The lowest BCUT2D eigenvalue weighted by atomic mass is 10.0. The van der Waals surface area contributed by atoms with Crippen LogP contribution in [-0.4, -0.2) is 19.7 Å². The molecule has 0 aliphatic carbocycles. The Bertz CT molecular complexity index is 347. The van der Waals surface area contributed by atoms with Gasteiger partial charge in [-0.15, -0.1) is 0 Å². The molecule has 0 aromatic heterocycles. The third-order valence-electron chi connectivity index (χ3n) is 2.48. The summed E-state index contributed by atoms with van der Waals surface area (Å²) in [4.78, 5) is 11.3. The van der Waals surface area contributed by atoms with Gasteiger partial charge in [-0.05, 0) is 25.0 Å². The predicted octanol–water partition coefficient (Wildman–Crippen LogP) is 2.64. The number of aryl methyl sites for hydroxylation is 1. The van der Waals surface area contributed by atoms with Crippen LogP contribution in [0.25, 0.3) is 0 Å². The van der Waals surface area contributed by atoms with Gasteiger partial charge in [0.15, 0.2) is 0 Å². The van der Waals surface area contributed by atoms with Crippen molar-refractivity contribution in [3.05, 3.63) is 35.4 Å². The van der Waals surface area contributed by atoms with Gasteiger partial charge in [0.1, 0.15) is 0 Å². The van der Waals surface area contributed by atoms with Crippen LogP contribution < -0.4 is 0 Å². The second kappa shape index (κ2) is 6.28. The standard InChI is InChI=1S/C13H18O3/c1-4-16-12(9-13(14)15-3)11-8-6-5-7-10(11)2/h5-8,12H,4,9H2,1-3H3. The monoisotopic (exact) mass is 222 g/mol. The third-order valence-corrected chi connectivity index (χ3v) is 2.48. The number of benzene rings is 1. The fraction of sp³-hybridized carbons (Fsp3) is 0.462. The van der Waals surface area contributed by atoms with Crippen molar-refractivity contribution in [2.45, 2.75) is 26.4 Å². The van der Waals surface area contributed by atoms with E-state index in [0.29, 0.717) is 6.61 Å². The molecule has 0 aliphatic heterocycles. The maximum atomic E-state index is 11.3. The van der Waals surface area contributed by atoms with Crippen molar-refractivity contribution >= 4 is 5.97 Å². The van der Waals surface area contributed by atoms with Crippen molar-refractivity contribution in [2.24, 2.45) is 0 Å². The van der Waals surface area contributed by atoms with E-state index in [-0.39, 0.29) is 18.5 Å². The fourth-order valence-corrected chi connectivity index (χ4v) is 1.64. The second-order valence-corrected chi connectivity index (χ2v) is 3.58. The number of hydrogen-bond acceptors (Lipinski definition) is 3. The molecule has 1 rings (SSSR count). The van der Waals surface area contributed by atoms with E-state index in [9.17, 15) is 4.79 Å². The van der Waals surface area contributed by atoms with E-state index in [1.54, 1.807) is 0 Å². The molecule has 0 aliphatic rings. The summed E-state index contributed by atoms with van der Waals surface area (Å²) in [5, 5.41) is 0. The van der Waals surface area contributed by atoms with Crippen molar-refractivity contribution in [3.63, 3.8) is 0 Å². The van der Waals surface area contributed by atoms with E-state index in [1.807, 2.05) is 38.1 Å². The molecule has 0 fully saturated rings. The zero-order valence-electron chi connectivity index (χ0n) is 10.0. The maximum Gasteiger partial charge on any atom is 0.308 e. The van der Waals surface area contributed by atoms with Crippen molar-refractivity contribution in [1.29, 1.82) is 0 Å². The molecule has 3 nitrogen and oxygen atoms in total. The van der Waals surface area contributed by atoms with Gasteiger partial charge < -0.3 is 9.47 Å². The van der Waals surface area contributed by atoms with Gasteiger partial charge in [0, 0.05) is 6.61 Å². The van der Waals surface area contributed by atoms with Crippen LogP contribution in [0.15, 0.2) is 24.3 Å². The zero-order valence-corrected chi connectivity index (χ0v) is 10.0. The lowest BCUT2D eigenvalue weighted by molar-refractivity contribution is -0.143. The number of hydrogen-bond donors (Lipinski definition) is 0. The smallest absolute Gasteiger partial charge is 0.308 e. The quantitative estimate of drug-likeness (QED) is 0.718. The van der Waals surface area contributed by atoms with Crippen molar-refractivity contribution < 1.29 is 14.3 Å². The first kappa shape index (κ1) is 12.7. The Balaban J connectivity index is 2.85. The number of carbonyl (C=O) groups is 1. The Hall–Kier alpha value is -1.35. The molecule has 1 unspecified atom stereocenters. The molecule has 1 aromatic rings. The second-order valence-electron chi connectivity index (χ2n) is 3.58. The van der Waals surface area contributed by atoms with Crippen LogP contribution in [0.4, 0.5) is 0 Å². The number of rotatable bonds is 5. The molecule has 0 saturated carbocycles. The first-order valence-corrected chi connectivity index (χ1v) is 5.43. The van der Waals surface area contributed by atoms with E-state index >= 15 is 0 Å².